The SMILES string of the molecule is C=C(S/C(Cl)=C\C)S(=O)NC(=O)Nc1cccnc1. The highest BCUT2D eigenvalue weighted by Gasteiger charge is 2.11. The number of amides is 2. The van der Waals surface area contributed by atoms with Crippen LogP contribution in [0.5, 0.6) is 0 Å². The lowest BCUT2D eigenvalue weighted by molar-refractivity contribution is 0.257. The molecule has 0 aliphatic carbocycles. The Kier molecular flexibility index (Phi) is 6.61. The number of allylic oxidation sites excluding steroid dienone is 1. The smallest absolute Gasteiger partial charge is 0.306 e. The molecule has 1 atom stereocenters. The first-order valence-electron chi connectivity index (χ1n) is 5.11. The number of anilines is 1. The molecule has 0 aromatic carbocycles. The van der Waals surface area contributed by atoms with E-state index in [1.54, 1.807) is 31.3 Å². The predicted octanol–water partition coefficient (Wildman–Crippen LogP) is 3.17. The molecule has 0 saturated heterocycles. The Bertz CT molecular complexity index is 520. The van der Waals surface area contributed by atoms with Gasteiger partial charge in [0.15, 0.2) is 11.0 Å². The molecule has 1 heterocycles. The molecule has 0 fully saturated rings. The van der Waals surface area contributed by atoms with Crippen LogP contribution in [0, 0.1) is 0 Å². The number of rotatable bonds is 5. The number of hydrogen-bond acceptors (Lipinski definition) is 4. The highest BCUT2D eigenvalue weighted by atomic mass is 35.5. The molecule has 1 unspecified atom stereocenters. The van der Waals surface area contributed by atoms with Crippen molar-refractivity contribution in [1.82, 2.24) is 9.71 Å². The van der Waals surface area contributed by atoms with Crippen LogP contribution in [0.3, 0.4) is 0 Å². The Labute approximate surface area is 123 Å². The molecule has 2 amide bonds. The van der Waals surface area contributed by atoms with Crippen molar-refractivity contribution in [3.63, 3.8) is 0 Å². The van der Waals surface area contributed by atoms with Gasteiger partial charge in [0.25, 0.3) is 0 Å². The summed E-state index contributed by atoms with van der Waals surface area (Å²) in [6.07, 6.45) is 4.70. The number of carbonyl (C=O) groups is 1. The van der Waals surface area contributed by atoms with Crippen LogP contribution in [0.2, 0.25) is 0 Å². The Morgan fingerprint density at radius 1 is 1.63 bits per heavy atom. The van der Waals surface area contributed by atoms with Crippen LogP contribution in [0.1, 0.15) is 6.92 Å². The van der Waals surface area contributed by atoms with Crippen molar-refractivity contribution in [2.45, 2.75) is 6.92 Å². The maximum atomic E-state index is 11.7. The fourth-order valence-corrected chi connectivity index (χ4v) is 2.72. The summed E-state index contributed by atoms with van der Waals surface area (Å²) in [5.41, 5.74) is 0.502. The standard InChI is InChI=1S/C11H12ClN3O2S2/c1-3-10(12)18-8(2)19(17)15-11(16)14-9-5-4-6-13-7-9/h3-7H,2H2,1H3,(H2,14,15,16)/b10-3-. The first-order valence-corrected chi connectivity index (χ1v) is 7.45. The quantitative estimate of drug-likeness (QED) is 0.875. The molecule has 1 rings (SSSR count). The lowest BCUT2D eigenvalue weighted by Crippen LogP contribution is -2.30. The van der Waals surface area contributed by atoms with Crippen LogP contribution in [-0.2, 0) is 11.0 Å². The zero-order valence-electron chi connectivity index (χ0n) is 10.1. The third-order valence-electron chi connectivity index (χ3n) is 1.75. The molecule has 5 nitrogen and oxygen atoms in total. The predicted molar refractivity (Wildman–Crippen MR) is 80.9 cm³/mol. The number of pyridine rings is 1. The van der Waals surface area contributed by atoms with Gasteiger partial charge in [0.1, 0.15) is 0 Å². The van der Waals surface area contributed by atoms with Gasteiger partial charge in [0.05, 0.1) is 20.5 Å². The molecule has 1 aromatic heterocycles. The van der Waals surface area contributed by atoms with E-state index in [4.69, 9.17) is 11.6 Å². The lowest BCUT2D eigenvalue weighted by Gasteiger charge is -2.07. The van der Waals surface area contributed by atoms with Crippen LogP contribution >= 0.6 is 23.4 Å². The monoisotopic (exact) mass is 317 g/mol. The Morgan fingerprint density at radius 3 is 2.95 bits per heavy atom. The molecule has 19 heavy (non-hydrogen) atoms. The number of nitrogens with one attached hydrogen (secondary N) is 2. The average molecular weight is 318 g/mol. The fraction of sp³-hybridized carbons (Fsp3) is 0.0909. The van der Waals surface area contributed by atoms with E-state index < -0.39 is 17.0 Å². The summed E-state index contributed by atoms with van der Waals surface area (Å²) in [5, 5.41) is 2.49. The minimum Gasteiger partial charge on any atom is -0.306 e. The van der Waals surface area contributed by atoms with Crippen molar-refractivity contribution in [1.29, 1.82) is 0 Å². The molecule has 0 aliphatic rings. The van der Waals surface area contributed by atoms with Crippen molar-refractivity contribution in [3.8, 4) is 0 Å². The third kappa shape index (κ3) is 5.91. The number of thioether (sulfide) groups is 1. The molecule has 0 bridgehead atoms. The minimum atomic E-state index is -1.73. The molecule has 2 N–H and O–H groups in total. The summed E-state index contributed by atoms with van der Waals surface area (Å²) in [5.74, 6) is 0. The van der Waals surface area contributed by atoms with Crippen LogP contribution in [0.4, 0.5) is 10.5 Å². The lowest BCUT2D eigenvalue weighted by atomic mass is 10.4. The first-order chi connectivity index (χ1) is 9.02. The summed E-state index contributed by atoms with van der Waals surface area (Å²) in [4.78, 5) is 15.4. The van der Waals surface area contributed by atoms with Gasteiger partial charge in [-0.3, -0.25) is 9.71 Å². The summed E-state index contributed by atoms with van der Waals surface area (Å²) in [6.45, 7) is 5.33. The molecular formula is C11H12ClN3O2S2. The van der Waals surface area contributed by atoms with E-state index >= 15 is 0 Å². The van der Waals surface area contributed by atoms with Crippen LogP contribution in [0.15, 0.2) is 45.8 Å². The molecule has 0 radical (unpaired) electrons. The average Bonchev–Trinajstić information content (AvgIpc) is 2.39. The van der Waals surface area contributed by atoms with E-state index in [1.807, 2.05) is 0 Å². The second-order valence-corrected chi connectivity index (χ2v) is 6.39. The Balaban J connectivity index is 2.48. The molecular weight excluding hydrogens is 306 g/mol. The van der Waals surface area contributed by atoms with Gasteiger partial charge < -0.3 is 5.32 Å². The highest BCUT2D eigenvalue weighted by molar-refractivity contribution is 8.19. The Hall–Kier alpha value is -1.31. The van der Waals surface area contributed by atoms with Crippen LogP contribution < -0.4 is 10.0 Å². The van der Waals surface area contributed by atoms with Crippen LogP contribution in [0.25, 0.3) is 0 Å². The first kappa shape index (κ1) is 15.7. The van der Waals surface area contributed by atoms with Gasteiger partial charge in [0.2, 0.25) is 0 Å². The summed E-state index contributed by atoms with van der Waals surface area (Å²) < 4.78 is 14.6. The van der Waals surface area contributed by atoms with Gasteiger partial charge in [-0.1, -0.05) is 36.0 Å². The topological polar surface area (TPSA) is 71.1 Å². The van der Waals surface area contributed by atoms with Crippen molar-refractivity contribution in [2.75, 3.05) is 5.32 Å². The van der Waals surface area contributed by atoms with Gasteiger partial charge in [-0.25, -0.2) is 9.00 Å². The van der Waals surface area contributed by atoms with Gasteiger partial charge in [0, 0.05) is 6.20 Å². The molecule has 8 heteroatoms. The summed E-state index contributed by atoms with van der Waals surface area (Å²) >= 11 is 6.80. The maximum Gasteiger partial charge on any atom is 0.331 e. The van der Waals surface area contributed by atoms with Gasteiger partial charge in [-0.05, 0) is 19.1 Å². The number of aromatic nitrogens is 1. The van der Waals surface area contributed by atoms with Gasteiger partial charge in [-0.15, -0.1) is 0 Å². The normalized spacial score (nSPS) is 12.6. The second-order valence-electron chi connectivity index (χ2n) is 3.13. The largest absolute Gasteiger partial charge is 0.331 e. The van der Waals surface area contributed by atoms with E-state index in [0.717, 1.165) is 11.8 Å². The van der Waals surface area contributed by atoms with E-state index in [9.17, 15) is 9.00 Å². The number of urea groups is 1. The maximum absolute atomic E-state index is 11.7. The zero-order valence-corrected chi connectivity index (χ0v) is 12.4. The van der Waals surface area contributed by atoms with Crippen molar-refractivity contribution in [3.05, 3.63) is 45.8 Å². The van der Waals surface area contributed by atoms with E-state index in [1.165, 1.54) is 6.20 Å². The molecule has 102 valence electrons. The summed E-state index contributed by atoms with van der Waals surface area (Å²) in [6, 6.07) is 2.73. The fourth-order valence-electron chi connectivity index (χ4n) is 0.940. The molecule has 0 aliphatic heterocycles. The summed E-state index contributed by atoms with van der Waals surface area (Å²) in [7, 11) is -1.73. The number of hydrogen-bond donors (Lipinski definition) is 2. The minimum absolute atomic E-state index is 0.240. The van der Waals surface area contributed by atoms with E-state index in [0.29, 0.717) is 10.1 Å². The van der Waals surface area contributed by atoms with E-state index in [2.05, 4.69) is 21.6 Å². The second kappa shape index (κ2) is 7.98. The molecule has 0 spiro atoms. The third-order valence-corrected chi connectivity index (χ3v) is 4.35. The van der Waals surface area contributed by atoms with E-state index in [-0.39, 0.29) is 4.24 Å². The molecule has 1 aromatic rings. The van der Waals surface area contributed by atoms with Crippen molar-refractivity contribution in [2.24, 2.45) is 0 Å². The number of nitrogens with zero attached hydrogens (tertiary/aromatic N) is 1. The number of halogens is 1. The van der Waals surface area contributed by atoms with Gasteiger partial charge >= 0.3 is 6.03 Å². The number of carbonyl (C=O) groups excluding carboxylic acids is 1. The molecule has 0 saturated carbocycles. The van der Waals surface area contributed by atoms with Crippen molar-refractivity contribution >= 4 is 46.1 Å². The zero-order chi connectivity index (χ0) is 14.3. The highest BCUT2D eigenvalue weighted by Crippen LogP contribution is 2.28. The van der Waals surface area contributed by atoms with Gasteiger partial charge in [-0.2, -0.15) is 0 Å². The van der Waals surface area contributed by atoms with Crippen molar-refractivity contribution < 1.29 is 9.00 Å². The Morgan fingerprint density at radius 2 is 2.37 bits per heavy atom. The van der Waals surface area contributed by atoms with Crippen LogP contribution in [-0.4, -0.2) is 15.2 Å².